The number of carbonyl (C=O) groups excluding carboxylic acids is 1. The molecule has 0 saturated heterocycles. The molecule has 0 heterocycles. The first-order valence-electron chi connectivity index (χ1n) is 11.8. The highest BCUT2D eigenvalue weighted by atomic mass is 16.1. The lowest BCUT2D eigenvalue weighted by Crippen LogP contribution is -2.50. The molecule has 154 valence electrons. The first-order valence-corrected chi connectivity index (χ1v) is 11.8. The van der Waals surface area contributed by atoms with Gasteiger partial charge < -0.3 is 0 Å². The number of ketones is 1. The van der Waals surface area contributed by atoms with Crippen LogP contribution in [0.1, 0.15) is 86.0 Å². The summed E-state index contributed by atoms with van der Waals surface area (Å²) in [5, 5.41) is 0. The van der Waals surface area contributed by atoms with Gasteiger partial charge in [0.2, 0.25) is 0 Å². The molecule has 3 fully saturated rings. The van der Waals surface area contributed by atoms with E-state index in [9.17, 15) is 4.79 Å². The summed E-state index contributed by atoms with van der Waals surface area (Å²) in [4.78, 5) is 11.9. The largest absolute Gasteiger partial charge is 0.290 e. The zero-order valence-corrected chi connectivity index (χ0v) is 18.8. The van der Waals surface area contributed by atoms with Gasteiger partial charge >= 0.3 is 0 Å². The Morgan fingerprint density at radius 1 is 1.18 bits per heavy atom. The van der Waals surface area contributed by atoms with Gasteiger partial charge in [-0.1, -0.05) is 44.1 Å². The van der Waals surface area contributed by atoms with E-state index in [0.29, 0.717) is 5.41 Å². The minimum absolute atomic E-state index is 0.144. The van der Waals surface area contributed by atoms with Crippen molar-refractivity contribution in [3.63, 3.8) is 0 Å². The van der Waals surface area contributed by atoms with Gasteiger partial charge in [0.25, 0.3) is 0 Å². The van der Waals surface area contributed by atoms with E-state index in [0.717, 1.165) is 36.0 Å². The first-order chi connectivity index (χ1) is 13.3. The molecule has 0 N–H and O–H groups in total. The van der Waals surface area contributed by atoms with Gasteiger partial charge in [-0.3, -0.25) is 4.79 Å². The van der Waals surface area contributed by atoms with Crippen LogP contribution in [0.15, 0.2) is 35.5 Å². The number of hydrogen-bond donors (Lipinski definition) is 0. The SMILES string of the molecule is CC(C)=CCCC(C)C1CCC2C3CCC4=CC(=O)C=CC4(C)C3CCC12C. The van der Waals surface area contributed by atoms with Crippen LogP contribution in [0, 0.1) is 40.4 Å². The van der Waals surface area contributed by atoms with Crippen molar-refractivity contribution in [2.75, 3.05) is 0 Å². The highest BCUT2D eigenvalue weighted by Gasteiger charge is 2.58. The molecule has 0 aromatic rings. The molecule has 4 aliphatic carbocycles. The van der Waals surface area contributed by atoms with Crippen LogP contribution in [0.2, 0.25) is 0 Å². The Kier molecular flexibility index (Phi) is 5.26. The van der Waals surface area contributed by atoms with E-state index >= 15 is 0 Å². The van der Waals surface area contributed by atoms with Crippen LogP contribution in [-0.4, -0.2) is 5.78 Å². The van der Waals surface area contributed by atoms with Gasteiger partial charge in [-0.25, -0.2) is 0 Å². The van der Waals surface area contributed by atoms with Crippen molar-refractivity contribution in [2.24, 2.45) is 40.4 Å². The quantitative estimate of drug-likeness (QED) is 0.468. The normalized spacial score (nSPS) is 42.9. The third-order valence-corrected chi connectivity index (χ3v) is 9.49. The van der Waals surface area contributed by atoms with Crippen LogP contribution in [-0.2, 0) is 4.79 Å². The van der Waals surface area contributed by atoms with Crippen molar-refractivity contribution in [3.05, 3.63) is 35.5 Å². The summed E-state index contributed by atoms with van der Waals surface area (Å²) in [6.45, 7) is 12.0. The number of carbonyl (C=O) groups is 1. The van der Waals surface area contributed by atoms with Crippen molar-refractivity contribution < 1.29 is 4.79 Å². The van der Waals surface area contributed by atoms with E-state index in [1.807, 2.05) is 12.2 Å². The molecule has 0 bridgehead atoms. The third kappa shape index (κ3) is 3.17. The Hall–Kier alpha value is -1.11. The molecular formula is C27H40O. The van der Waals surface area contributed by atoms with Crippen LogP contribution in [0.5, 0.6) is 0 Å². The lowest BCUT2D eigenvalue weighted by Gasteiger charge is -2.57. The molecule has 1 nitrogen and oxygen atoms in total. The highest BCUT2D eigenvalue weighted by molar-refractivity contribution is 6.01. The molecule has 1 heteroatoms. The Morgan fingerprint density at radius 2 is 1.96 bits per heavy atom. The predicted octanol–water partition coefficient (Wildman–Crippen LogP) is 7.29. The summed E-state index contributed by atoms with van der Waals surface area (Å²) in [6.07, 6.45) is 19.2. The van der Waals surface area contributed by atoms with Crippen molar-refractivity contribution in [3.8, 4) is 0 Å². The summed E-state index contributed by atoms with van der Waals surface area (Å²) in [5.41, 5.74) is 3.57. The van der Waals surface area contributed by atoms with Crippen molar-refractivity contribution >= 4 is 5.78 Å². The highest BCUT2D eigenvalue weighted by Crippen LogP contribution is 2.67. The van der Waals surface area contributed by atoms with E-state index < -0.39 is 0 Å². The molecular weight excluding hydrogens is 340 g/mol. The van der Waals surface area contributed by atoms with Gasteiger partial charge in [-0.05, 0) is 112 Å². The van der Waals surface area contributed by atoms with Crippen LogP contribution < -0.4 is 0 Å². The average molecular weight is 381 g/mol. The number of hydrogen-bond acceptors (Lipinski definition) is 1. The van der Waals surface area contributed by atoms with E-state index in [4.69, 9.17) is 0 Å². The van der Waals surface area contributed by atoms with Crippen LogP contribution >= 0.6 is 0 Å². The fraction of sp³-hybridized carbons (Fsp3) is 0.741. The van der Waals surface area contributed by atoms with Gasteiger partial charge in [0, 0.05) is 5.41 Å². The smallest absolute Gasteiger partial charge is 0.178 e. The maximum Gasteiger partial charge on any atom is 0.178 e. The molecule has 0 aromatic carbocycles. The molecule has 3 saturated carbocycles. The number of allylic oxidation sites excluding steroid dienone is 6. The fourth-order valence-electron chi connectivity index (χ4n) is 8.01. The molecule has 0 spiro atoms. The summed E-state index contributed by atoms with van der Waals surface area (Å²) >= 11 is 0. The van der Waals surface area contributed by atoms with Gasteiger partial charge in [0.15, 0.2) is 5.78 Å². The lowest BCUT2D eigenvalue weighted by atomic mass is 9.47. The zero-order valence-electron chi connectivity index (χ0n) is 18.8. The van der Waals surface area contributed by atoms with Gasteiger partial charge in [0.1, 0.15) is 0 Å². The lowest BCUT2D eigenvalue weighted by molar-refractivity contribution is -0.111. The van der Waals surface area contributed by atoms with E-state index in [2.05, 4.69) is 46.8 Å². The Bertz CT molecular complexity index is 721. The molecule has 4 rings (SSSR count). The van der Waals surface area contributed by atoms with Crippen molar-refractivity contribution in [1.29, 1.82) is 0 Å². The number of rotatable bonds is 4. The fourth-order valence-corrected chi connectivity index (χ4v) is 8.01. The standard InChI is InChI=1S/C27H40O/c1-18(2)7-6-8-19(3)23-11-12-24-22-10-9-20-17-21(28)13-15-26(20,4)25(22)14-16-27(23,24)5/h7,13,15,17,19,22-25H,6,8-12,14,16H2,1-5H3. The molecule has 28 heavy (non-hydrogen) atoms. The van der Waals surface area contributed by atoms with Gasteiger partial charge in [-0.2, -0.15) is 0 Å². The van der Waals surface area contributed by atoms with Crippen molar-refractivity contribution in [2.45, 2.75) is 86.0 Å². The second-order valence-electron chi connectivity index (χ2n) is 11.2. The van der Waals surface area contributed by atoms with Crippen LogP contribution in [0.25, 0.3) is 0 Å². The summed E-state index contributed by atoms with van der Waals surface area (Å²) in [7, 11) is 0. The van der Waals surface area contributed by atoms with Gasteiger partial charge in [-0.15, -0.1) is 0 Å². The van der Waals surface area contributed by atoms with E-state index in [1.165, 1.54) is 56.1 Å². The van der Waals surface area contributed by atoms with Crippen LogP contribution in [0.3, 0.4) is 0 Å². The maximum absolute atomic E-state index is 11.9. The summed E-state index contributed by atoms with van der Waals surface area (Å²) in [5.74, 6) is 4.44. The van der Waals surface area contributed by atoms with Crippen molar-refractivity contribution in [1.82, 2.24) is 0 Å². The molecule has 7 atom stereocenters. The number of fused-ring (bicyclic) bond motifs is 5. The monoisotopic (exact) mass is 380 g/mol. The zero-order chi connectivity index (χ0) is 20.1. The Labute approximate surface area is 172 Å². The summed E-state index contributed by atoms with van der Waals surface area (Å²) < 4.78 is 0. The minimum Gasteiger partial charge on any atom is -0.290 e. The minimum atomic E-state index is 0.144. The Balaban J connectivity index is 1.52. The van der Waals surface area contributed by atoms with E-state index in [-0.39, 0.29) is 11.2 Å². The molecule has 7 unspecified atom stereocenters. The predicted molar refractivity (Wildman–Crippen MR) is 118 cm³/mol. The first kappa shape index (κ1) is 20.2. The Morgan fingerprint density at radius 3 is 2.71 bits per heavy atom. The molecule has 0 amide bonds. The molecule has 0 aliphatic heterocycles. The third-order valence-electron chi connectivity index (χ3n) is 9.49. The second-order valence-corrected chi connectivity index (χ2v) is 11.2. The second kappa shape index (κ2) is 7.29. The average Bonchev–Trinajstić information content (AvgIpc) is 2.99. The molecule has 0 aromatic heterocycles. The van der Waals surface area contributed by atoms with E-state index in [1.54, 1.807) is 0 Å². The molecule has 0 radical (unpaired) electrons. The molecule has 4 aliphatic rings. The van der Waals surface area contributed by atoms with Crippen LogP contribution in [0.4, 0.5) is 0 Å². The van der Waals surface area contributed by atoms with Gasteiger partial charge in [0.05, 0.1) is 0 Å². The topological polar surface area (TPSA) is 17.1 Å². The summed E-state index contributed by atoms with van der Waals surface area (Å²) in [6, 6.07) is 0. The maximum atomic E-state index is 11.9.